The molecule has 1 fully saturated rings. The van der Waals surface area contributed by atoms with E-state index in [4.69, 9.17) is 5.73 Å². The van der Waals surface area contributed by atoms with E-state index in [0.29, 0.717) is 6.54 Å². The normalized spacial score (nSPS) is 24.1. The molecule has 15 heavy (non-hydrogen) atoms. The van der Waals surface area contributed by atoms with Crippen molar-refractivity contribution in [3.63, 3.8) is 0 Å². The molecule has 2 rings (SSSR count). The van der Waals surface area contributed by atoms with Gasteiger partial charge in [-0.05, 0) is 47.9 Å². The van der Waals surface area contributed by atoms with Crippen molar-refractivity contribution in [3.05, 3.63) is 29.8 Å². The van der Waals surface area contributed by atoms with Gasteiger partial charge in [0.25, 0.3) is 0 Å². The first-order valence-electron chi connectivity index (χ1n) is 5.51. The first kappa shape index (κ1) is 11.0. The van der Waals surface area contributed by atoms with Gasteiger partial charge in [-0.25, -0.2) is 0 Å². The Morgan fingerprint density at radius 2 is 2.07 bits per heavy atom. The third-order valence-electron chi connectivity index (χ3n) is 2.85. The van der Waals surface area contributed by atoms with Gasteiger partial charge in [-0.2, -0.15) is 0 Å². The number of hydrogen-bond donors (Lipinski definition) is 2. The topological polar surface area (TPSA) is 38.0 Å². The lowest BCUT2D eigenvalue weighted by Crippen LogP contribution is -2.15. The molecule has 2 nitrogen and oxygen atoms in total. The van der Waals surface area contributed by atoms with Crippen LogP contribution in [0.5, 0.6) is 0 Å². The van der Waals surface area contributed by atoms with Gasteiger partial charge in [-0.1, -0.05) is 19.1 Å². The second-order valence-electron chi connectivity index (χ2n) is 4.17. The number of nitrogens with one attached hydrogen (secondary N) is 1. The Bertz CT molecular complexity index is 310. The molecule has 3 N–H and O–H groups in total. The molecule has 0 aliphatic heterocycles. The zero-order chi connectivity index (χ0) is 10.7. The van der Waals surface area contributed by atoms with Crippen LogP contribution in [-0.4, -0.2) is 13.1 Å². The highest BCUT2D eigenvalue weighted by molar-refractivity contribution is 7.97. The van der Waals surface area contributed by atoms with Crippen LogP contribution in [0.3, 0.4) is 0 Å². The second kappa shape index (κ2) is 5.01. The maximum atomic E-state index is 5.40. The van der Waals surface area contributed by atoms with E-state index in [2.05, 4.69) is 35.9 Å². The Hall–Kier alpha value is -0.510. The lowest BCUT2D eigenvalue weighted by atomic mass is 10.1. The molecule has 1 aliphatic carbocycles. The fourth-order valence-corrected chi connectivity index (χ4v) is 2.42. The van der Waals surface area contributed by atoms with Gasteiger partial charge in [0.1, 0.15) is 0 Å². The molecule has 0 spiro atoms. The molecule has 0 radical (unpaired) electrons. The highest BCUT2D eigenvalue weighted by atomic mass is 32.2. The van der Waals surface area contributed by atoms with E-state index in [1.807, 2.05) is 0 Å². The lowest BCUT2D eigenvalue weighted by Gasteiger charge is -2.03. The zero-order valence-electron chi connectivity index (χ0n) is 9.07. The first-order valence-corrected chi connectivity index (χ1v) is 6.32. The van der Waals surface area contributed by atoms with Crippen molar-refractivity contribution < 1.29 is 0 Å². The molecular formula is C12H18N2S. The third-order valence-corrected chi connectivity index (χ3v) is 3.71. The summed E-state index contributed by atoms with van der Waals surface area (Å²) in [5.74, 6) is 1.71. The van der Waals surface area contributed by atoms with Gasteiger partial charge in [0.05, 0.1) is 0 Å². The van der Waals surface area contributed by atoms with E-state index in [9.17, 15) is 0 Å². The summed E-state index contributed by atoms with van der Waals surface area (Å²) in [7, 11) is 0. The minimum absolute atomic E-state index is 0.685. The number of benzene rings is 1. The molecular weight excluding hydrogens is 204 g/mol. The monoisotopic (exact) mass is 222 g/mol. The first-order chi connectivity index (χ1) is 7.31. The van der Waals surface area contributed by atoms with Crippen molar-refractivity contribution in [3.8, 4) is 0 Å². The predicted octanol–water partition coefficient (Wildman–Crippen LogP) is 2.37. The SMILES string of the molecule is CC1CC1c1ccc(SNCCN)cc1. The van der Waals surface area contributed by atoms with E-state index in [1.165, 1.54) is 16.9 Å². The van der Waals surface area contributed by atoms with Crippen LogP contribution < -0.4 is 10.5 Å². The minimum atomic E-state index is 0.685. The summed E-state index contributed by atoms with van der Waals surface area (Å²) in [6, 6.07) is 8.88. The molecule has 0 heterocycles. The van der Waals surface area contributed by atoms with Crippen LogP contribution in [0, 0.1) is 5.92 Å². The minimum Gasteiger partial charge on any atom is -0.329 e. The van der Waals surface area contributed by atoms with Crippen LogP contribution in [0.1, 0.15) is 24.8 Å². The van der Waals surface area contributed by atoms with Crippen molar-refractivity contribution in [1.29, 1.82) is 0 Å². The number of rotatable bonds is 5. The van der Waals surface area contributed by atoms with Crippen molar-refractivity contribution >= 4 is 11.9 Å². The van der Waals surface area contributed by atoms with Gasteiger partial charge in [-0.15, -0.1) is 0 Å². The van der Waals surface area contributed by atoms with Crippen LogP contribution >= 0.6 is 11.9 Å². The summed E-state index contributed by atoms with van der Waals surface area (Å²) < 4.78 is 3.22. The van der Waals surface area contributed by atoms with Crippen molar-refractivity contribution in [2.75, 3.05) is 13.1 Å². The standard InChI is InChI=1S/C12H18N2S/c1-9-8-12(9)10-2-4-11(5-3-10)15-14-7-6-13/h2-5,9,12,14H,6-8,13H2,1H3. The summed E-state index contributed by atoms with van der Waals surface area (Å²) in [4.78, 5) is 1.26. The third kappa shape index (κ3) is 2.97. The van der Waals surface area contributed by atoms with Crippen LogP contribution in [0.2, 0.25) is 0 Å². The Kier molecular flexibility index (Phi) is 3.67. The van der Waals surface area contributed by atoms with E-state index in [1.54, 1.807) is 11.9 Å². The molecule has 2 unspecified atom stereocenters. The lowest BCUT2D eigenvalue weighted by molar-refractivity contribution is 0.911. The molecule has 2 atom stereocenters. The molecule has 82 valence electrons. The quantitative estimate of drug-likeness (QED) is 0.593. The summed E-state index contributed by atoms with van der Waals surface area (Å²) in [5.41, 5.74) is 6.90. The Morgan fingerprint density at radius 3 is 2.60 bits per heavy atom. The summed E-state index contributed by atoms with van der Waals surface area (Å²) in [5, 5.41) is 0. The van der Waals surface area contributed by atoms with Gasteiger partial charge in [0.15, 0.2) is 0 Å². The van der Waals surface area contributed by atoms with Crippen LogP contribution in [0.15, 0.2) is 29.2 Å². The Balaban J connectivity index is 1.87. The molecule has 3 heteroatoms. The fraction of sp³-hybridized carbons (Fsp3) is 0.500. The molecule has 0 aromatic heterocycles. The Morgan fingerprint density at radius 1 is 1.40 bits per heavy atom. The average Bonchev–Trinajstić information content (AvgIpc) is 2.97. The molecule has 1 aromatic rings. The largest absolute Gasteiger partial charge is 0.329 e. The molecule has 1 saturated carbocycles. The maximum Gasteiger partial charge on any atom is 0.0228 e. The smallest absolute Gasteiger partial charge is 0.0228 e. The number of nitrogens with two attached hydrogens (primary N) is 1. The summed E-state index contributed by atoms with van der Waals surface area (Å²) >= 11 is 1.66. The van der Waals surface area contributed by atoms with Crippen LogP contribution in [-0.2, 0) is 0 Å². The van der Waals surface area contributed by atoms with Crippen LogP contribution in [0.4, 0.5) is 0 Å². The molecule has 0 bridgehead atoms. The fourth-order valence-electron chi connectivity index (χ4n) is 1.76. The van der Waals surface area contributed by atoms with Crippen molar-refractivity contribution in [1.82, 2.24) is 4.72 Å². The van der Waals surface area contributed by atoms with Crippen molar-refractivity contribution in [2.24, 2.45) is 11.7 Å². The van der Waals surface area contributed by atoms with Gasteiger partial charge in [-0.3, -0.25) is 4.72 Å². The van der Waals surface area contributed by atoms with E-state index < -0.39 is 0 Å². The number of hydrogen-bond acceptors (Lipinski definition) is 3. The molecule has 1 aliphatic rings. The van der Waals surface area contributed by atoms with E-state index in [-0.39, 0.29) is 0 Å². The van der Waals surface area contributed by atoms with E-state index in [0.717, 1.165) is 18.4 Å². The summed E-state index contributed by atoms with van der Waals surface area (Å²) in [6.45, 7) is 3.85. The molecule has 1 aromatic carbocycles. The van der Waals surface area contributed by atoms with E-state index >= 15 is 0 Å². The average molecular weight is 222 g/mol. The highest BCUT2D eigenvalue weighted by Gasteiger charge is 2.33. The Labute approximate surface area is 95.8 Å². The zero-order valence-corrected chi connectivity index (χ0v) is 9.89. The molecule has 0 amide bonds. The predicted molar refractivity (Wildman–Crippen MR) is 65.9 cm³/mol. The maximum absolute atomic E-state index is 5.40. The van der Waals surface area contributed by atoms with Gasteiger partial charge >= 0.3 is 0 Å². The van der Waals surface area contributed by atoms with Gasteiger partial charge < -0.3 is 5.73 Å². The summed E-state index contributed by atoms with van der Waals surface area (Å²) in [6.07, 6.45) is 1.36. The highest BCUT2D eigenvalue weighted by Crippen LogP contribution is 2.46. The second-order valence-corrected chi connectivity index (χ2v) is 5.14. The van der Waals surface area contributed by atoms with Crippen LogP contribution in [0.25, 0.3) is 0 Å². The van der Waals surface area contributed by atoms with Crippen molar-refractivity contribution in [2.45, 2.75) is 24.2 Å². The van der Waals surface area contributed by atoms with Gasteiger partial charge in [0.2, 0.25) is 0 Å². The van der Waals surface area contributed by atoms with Gasteiger partial charge in [0, 0.05) is 18.0 Å². The molecule has 0 saturated heterocycles.